The second kappa shape index (κ2) is 14.6. The fraction of sp³-hybridized carbons (Fsp3) is 0.529. The summed E-state index contributed by atoms with van der Waals surface area (Å²) < 4.78 is 18.6. The summed E-state index contributed by atoms with van der Waals surface area (Å²) in [7, 11) is 0.0688. The molecule has 10 nitrogen and oxygen atoms in total. The molecule has 0 unspecified atom stereocenters. The average molecular weight is 637 g/mol. The van der Waals surface area contributed by atoms with Crippen LogP contribution in [0.25, 0.3) is 22.3 Å². The molecule has 0 saturated heterocycles. The van der Waals surface area contributed by atoms with Gasteiger partial charge in [0.1, 0.15) is 24.0 Å². The molecule has 1 saturated carbocycles. The second-order valence-electron chi connectivity index (χ2n) is 14.0. The normalized spacial score (nSPS) is 17.8. The Labute approximate surface area is 267 Å². The van der Waals surface area contributed by atoms with Gasteiger partial charge in [-0.1, -0.05) is 50.0 Å². The van der Waals surface area contributed by atoms with Crippen LogP contribution in [-0.4, -0.2) is 61.0 Å². The van der Waals surface area contributed by atoms with E-state index in [9.17, 15) is 14.4 Å². The van der Waals surface area contributed by atoms with Crippen molar-refractivity contribution in [2.24, 2.45) is 11.8 Å². The molecule has 2 amide bonds. The number of hydrogen-bond acceptors (Lipinski definition) is 7. The molecule has 11 heteroatoms. The van der Waals surface area contributed by atoms with Crippen LogP contribution in [0.2, 0.25) is 25.7 Å². The number of benzene rings is 1. The molecule has 1 aromatic carbocycles. The van der Waals surface area contributed by atoms with E-state index in [0.717, 1.165) is 28.3 Å². The summed E-state index contributed by atoms with van der Waals surface area (Å²) in [5.74, 6) is -0.984. The van der Waals surface area contributed by atoms with Crippen LogP contribution in [0.15, 0.2) is 48.7 Å². The van der Waals surface area contributed by atoms with E-state index in [2.05, 4.69) is 58.0 Å². The van der Waals surface area contributed by atoms with Gasteiger partial charge in [0.2, 0.25) is 5.91 Å². The van der Waals surface area contributed by atoms with Crippen molar-refractivity contribution in [2.45, 2.75) is 90.5 Å². The molecule has 1 atom stereocenters. The highest BCUT2D eigenvalue weighted by atomic mass is 28.3. The van der Waals surface area contributed by atoms with Crippen molar-refractivity contribution in [1.82, 2.24) is 14.9 Å². The lowest BCUT2D eigenvalue weighted by atomic mass is 9.78. The fourth-order valence-electron chi connectivity index (χ4n) is 5.65. The van der Waals surface area contributed by atoms with Gasteiger partial charge in [-0.05, 0) is 76.1 Å². The van der Waals surface area contributed by atoms with Gasteiger partial charge in [0, 0.05) is 32.2 Å². The highest BCUT2D eigenvalue weighted by molar-refractivity contribution is 6.76. The summed E-state index contributed by atoms with van der Waals surface area (Å²) in [6, 6.07) is 14.2. The average Bonchev–Trinajstić information content (AvgIpc) is 3.36. The standard InChI is InChI=1S/C34H48N4O6Si/c1-34(2,3)44-33(41)37-29(32(40)42-4)24-13-15-25(16-14-24)31(39)36-27-17-18-35-30-26(27)21-28(23-11-9-8-10-12-23)38(30)22-43-19-20-45(5,6)7/h8-12,17-18,21,24-25,29H,13-16,19-20,22H2,1-7H3,(H,37,41)(H,35,36,39)/t24?,25?,29-/m0/s1. The Morgan fingerprint density at radius 1 is 1.04 bits per heavy atom. The zero-order valence-electron chi connectivity index (χ0n) is 27.6. The van der Waals surface area contributed by atoms with Gasteiger partial charge in [-0.15, -0.1) is 0 Å². The molecule has 1 aliphatic rings. The van der Waals surface area contributed by atoms with Crippen molar-refractivity contribution < 1.29 is 28.6 Å². The Hall–Kier alpha value is -3.70. The van der Waals surface area contributed by atoms with Crippen LogP contribution in [0.1, 0.15) is 46.5 Å². The van der Waals surface area contributed by atoms with Crippen molar-refractivity contribution in [1.29, 1.82) is 0 Å². The Balaban J connectivity index is 1.47. The number of pyridine rings is 1. The van der Waals surface area contributed by atoms with Gasteiger partial charge in [-0.2, -0.15) is 0 Å². The van der Waals surface area contributed by atoms with Crippen LogP contribution >= 0.6 is 0 Å². The number of aromatic nitrogens is 2. The minimum Gasteiger partial charge on any atom is -0.467 e. The zero-order valence-corrected chi connectivity index (χ0v) is 28.6. The lowest BCUT2D eigenvalue weighted by Gasteiger charge is -2.32. The van der Waals surface area contributed by atoms with Crippen molar-refractivity contribution in [3.63, 3.8) is 0 Å². The predicted molar refractivity (Wildman–Crippen MR) is 179 cm³/mol. The zero-order chi connectivity index (χ0) is 32.8. The third-order valence-corrected chi connectivity index (χ3v) is 9.79. The third kappa shape index (κ3) is 9.40. The van der Waals surface area contributed by atoms with Crippen molar-refractivity contribution in [2.75, 3.05) is 19.0 Å². The van der Waals surface area contributed by atoms with E-state index in [1.807, 2.05) is 24.3 Å². The van der Waals surface area contributed by atoms with Crippen molar-refractivity contribution >= 4 is 42.8 Å². The summed E-state index contributed by atoms with van der Waals surface area (Å²) in [5, 5.41) is 6.70. The van der Waals surface area contributed by atoms with E-state index in [1.54, 1.807) is 27.0 Å². The third-order valence-electron chi connectivity index (χ3n) is 8.08. The molecule has 4 rings (SSSR count). The van der Waals surface area contributed by atoms with Crippen LogP contribution in [0.4, 0.5) is 10.5 Å². The van der Waals surface area contributed by atoms with E-state index in [0.29, 0.717) is 44.7 Å². The lowest BCUT2D eigenvalue weighted by Crippen LogP contribution is -2.49. The number of hydrogen-bond donors (Lipinski definition) is 2. The second-order valence-corrected chi connectivity index (χ2v) is 19.6. The first-order valence-electron chi connectivity index (χ1n) is 15.8. The Morgan fingerprint density at radius 3 is 2.36 bits per heavy atom. The molecule has 45 heavy (non-hydrogen) atoms. The van der Waals surface area contributed by atoms with Gasteiger partial charge in [-0.25, -0.2) is 14.6 Å². The van der Waals surface area contributed by atoms with Gasteiger partial charge in [0.25, 0.3) is 0 Å². The van der Waals surface area contributed by atoms with Crippen LogP contribution in [-0.2, 0) is 30.5 Å². The van der Waals surface area contributed by atoms with Gasteiger partial charge in [0.05, 0.1) is 18.5 Å². The number of alkyl carbamates (subject to hydrolysis) is 1. The number of amides is 2. The molecule has 2 N–H and O–H groups in total. The highest BCUT2D eigenvalue weighted by Gasteiger charge is 2.37. The number of carbonyl (C=O) groups excluding carboxylic acids is 3. The number of methoxy groups -OCH3 is 1. The number of esters is 1. The van der Waals surface area contributed by atoms with Gasteiger partial charge in [-0.3, -0.25) is 4.79 Å². The minimum absolute atomic E-state index is 0.0731. The first-order chi connectivity index (χ1) is 21.3. The van der Waals surface area contributed by atoms with Crippen LogP contribution in [0.5, 0.6) is 0 Å². The number of nitrogens with one attached hydrogen (secondary N) is 2. The molecule has 0 aliphatic heterocycles. The number of anilines is 1. The molecule has 1 aliphatic carbocycles. The number of ether oxygens (including phenoxy) is 3. The van der Waals surface area contributed by atoms with Crippen molar-refractivity contribution in [3.05, 3.63) is 48.7 Å². The monoisotopic (exact) mass is 636 g/mol. The van der Waals surface area contributed by atoms with Crippen LogP contribution < -0.4 is 10.6 Å². The highest BCUT2D eigenvalue weighted by Crippen LogP contribution is 2.35. The number of rotatable bonds is 11. The molecule has 244 valence electrons. The van der Waals surface area contributed by atoms with Gasteiger partial charge in [0.15, 0.2) is 0 Å². The Bertz CT molecular complexity index is 1470. The van der Waals surface area contributed by atoms with E-state index < -0.39 is 31.8 Å². The summed E-state index contributed by atoms with van der Waals surface area (Å²) >= 11 is 0. The van der Waals surface area contributed by atoms with E-state index in [1.165, 1.54) is 7.11 Å². The summed E-state index contributed by atoms with van der Waals surface area (Å²) in [6.07, 6.45) is 3.38. The molecule has 0 radical (unpaired) electrons. The minimum atomic E-state index is -1.23. The molecule has 0 bridgehead atoms. The number of carbonyl (C=O) groups is 3. The summed E-state index contributed by atoms with van der Waals surface area (Å²) in [5.41, 5.74) is 2.77. The maximum atomic E-state index is 13.5. The van der Waals surface area contributed by atoms with E-state index in [-0.39, 0.29) is 17.7 Å². The molecule has 2 heterocycles. The quantitative estimate of drug-likeness (QED) is 0.135. The van der Waals surface area contributed by atoms with Crippen LogP contribution in [0, 0.1) is 11.8 Å². The van der Waals surface area contributed by atoms with E-state index in [4.69, 9.17) is 14.2 Å². The molecule has 2 aromatic heterocycles. The topological polar surface area (TPSA) is 121 Å². The molecule has 0 spiro atoms. The maximum absolute atomic E-state index is 13.5. The number of nitrogens with zero attached hydrogens (tertiary/aromatic N) is 2. The fourth-order valence-corrected chi connectivity index (χ4v) is 6.41. The first kappa shape index (κ1) is 34.2. The summed E-state index contributed by atoms with van der Waals surface area (Å²) in [6.45, 7) is 13.3. The molecule has 1 fully saturated rings. The smallest absolute Gasteiger partial charge is 0.408 e. The Kier molecular flexibility index (Phi) is 11.1. The first-order valence-corrected chi connectivity index (χ1v) is 19.5. The van der Waals surface area contributed by atoms with Gasteiger partial charge >= 0.3 is 12.1 Å². The Morgan fingerprint density at radius 2 is 1.73 bits per heavy atom. The maximum Gasteiger partial charge on any atom is 0.408 e. The molecular formula is C34H48N4O6Si. The summed E-state index contributed by atoms with van der Waals surface area (Å²) in [4.78, 5) is 43.2. The van der Waals surface area contributed by atoms with Gasteiger partial charge < -0.3 is 29.4 Å². The van der Waals surface area contributed by atoms with E-state index >= 15 is 0 Å². The predicted octanol–water partition coefficient (Wildman–Crippen LogP) is 6.83. The van der Waals surface area contributed by atoms with Crippen LogP contribution in [0.3, 0.4) is 0 Å². The number of fused-ring (bicyclic) bond motifs is 1. The lowest BCUT2D eigenvalue weighted by molar-refractivity contribution is -0.145. The molecule has 3 aromatic rings. The van der Waals surface area contributed by atoms with Crippen molar-refractivity contribution in [3.8, 4) is 11.3 Å². The molecular weight excluding hydrogens is 588 g/mol. The SMILES string of the molecule is COC(=O)[C@@H](NC(=O)OC(C)(C)C)C1CCC(C(=O)Nc2ccnc3c2cc(-c2ccccc2)n3COCC[Si](C)(C)C)CC1. The largest absolute Gasteiger partial charge is 0.467 e.